The molecule has 1 amide bonds. The summed E-state index contributed by atoms with van der Waals surface area (Å²) >= 11 is 0. The van der Waals surface area contributed by atoms with Crippen LogP contribution in [0.1, 0.15) is 42.1 Å². The maximum atomic E-state index is 13.8. The second-order valence-corrected chi connectivity index (χ2v) is 10.6. The summed E-state index contributed by atoms with van der Waals surface area (Å²) in [6.07, 6.45) is 1.00. The maximum absolute atomic E-state index is 13.8. The van der Waals surface area contributed by atoms with Crippen LogP contribution in [0.5, 0.6) is 0 Å². The maximum Gasteiger partial charge on any atom is 0.305 e. The molecule has 230 valence electrons. The van der Waals surface area contributed by atoms with Gasteiger partial charge in [-0.25, -0.2) is 8.78 Å². The molecule has 0 aliphatic heterocycles. The van der Waals surface area contributed by atoms with Crippen LogP contribution in [0.25, 0.3) is 22.3 Å². The van der Waals surface area contributed by atoms with Gasteiger partial charge in [0.15, 0.2) is 5.78 Å². The number of hydrogen-bond acceptors (Lipinski definition) is 6. The topological polar surface area (TPSA) is 97.6 Å². The fourth-order valence-electron chi connectivity index (χ4n) is 4.95. The Balaban J connectivity index is 1.30. The number of benzene rings is 4. The van der Waals surface area contributed by atoms with Crippen LogP contribution in [0, 0.1) is 11.6 Å². The number of rotatable bonds is 13. The number of esters is 1. The van der Waals surface area contributed by atoms with E-state index in [9.17, 15) is 23.2 Å². The van der Waals surface area contributed by atoms with E-state index in [0.29, 0.717) is 24.3 Å². The second kappa shape index (κ2) is 14.4. The predicted molar refractivity (Wildman–Crippen MR) is 169 cm³/mol. The number of carbonyl (C=O) groups is 3. The first-order valence-electron chi connectivity index (χ1n) is 14.7. The Morgan fingerprint density at radius 2 is 1.53 bits per heavy atom. The average Bonchev–Trinajstić information content (AvgIpc) is 3.45. The molecule has 0 fully saturated rings. The highest BCUT2D eigenvalue weighted by molar-refractivity contribution is 5.98. The molecule has 5 aromatic rings. The third kappa shape index (κ3) is 8.41. The van der Waals surface area contributed by atoms with Crippen molar-refractivity contribution in [1.29, 1.82) is 0 Å². The first kappa shape index (κ1) is 31.1. The van der Waals surface area contributed by atoms with Gasteiger partial charge in [-0.3, -0.25) is 14.4 Å². The second-order valence-electron chi connectivity index (χ2n) is 10.6. The van der Waals surface area contributed by atoms with Crippen molar-refractivity contribution in [3.05, 3.63) is 120 Å². The van der Waals surface area contributed by atoms with Crippen molar-refractivity contribution in [2.75, 3.05) is 17.2 Å². The lowest BCUT2D eigenvalue weighted by Crippen LogP contribution is -2.36. The van der Waals surface area contributed by atoms with Crippen LogP contribution >= 0.6 is 0 Å². The van der Waals surface area contributed by atoms with Gasteiger partial charge in [-0.15, -0.1) is 0 Å². The monoisotopic (exact) mass is 610 g/mol. The summed E-state index contributed by atoms with van der Waals surface area (Å²) < 4.78 is 38.5. The molecule has 1 atom stereocenters. The van der Waals surface area contributed by atoms with Crippen LogP contribution in [0.2, 0.25) is 0 Å². The number of anilines is 2. The van der Waals surface area contributed by atoms with E-state index in [1.54, 1.807) is 31.2 Å². The van der Waals surface area contributed by atoms with Gasteiger partial charge in [0.2, 0.25) is 5.91 Å². The Kier molecular flexibility index (Phi) is 9.99. The number of halogens is 2. The molecule has 7 nitrogen and oxygen atoms in total. The zero-order chi connectivity index (χ0) is 31.8. The standard InChI is InChI=1S/C36H32F2N2O5/c1-2-44-35(42)9-5-7-32(41)24-14-16-29(17-15-24)39-31(36(43)40-30-21-27(37)20-28(38)22-30)18-23-10-12-25(13-11-23)34-19-26-6-3-4-8-33(26)45-34/h3-4,6,8,10-17,19-22,31,39H,2,5,7,9,18H2,1H3,(H,40,43)/t31-/m1/s1. The van der Waals surface area contributed by atoms with Crippen LogP contribution in [-0.4, -0.2) is 30.3 Å². The smallest absolute Gasteiger partial charge is 0.305 e. The minimum Gasteiger partial charge on any atom is -0.466 e. The lowest BCUT2D eigenvalue weighted by molar-refractivity contribution is -0.143. The van der Waals surface area contributed by atoms with E-state index in [-0.39, 0.29) is 36.7 Å². The van der Waals surface area contributed by atoms with Crippen molar-refractivity contribution in [2.45, 2.75) is 38.6 Å². The molecule has 0 radical (unpaired) electrons. The Morgan fingerprint density at radius 3 is 2.22 bits per heavy atom. The summed E-state index contributed by atoms with van der Waals surface area (Å²) in [4.78, 5) is 37.5. The molecular formula is C36H32F2N2O5. The number of Topliss-reactive ketones (excluding diaryl/α,β-unsaturated/α-hetero) is 1. The minimum absolute atomic E-state index is 0.00621. The van der Waals surface area contributed by atoms with E-state index in [0.717, 1.165) is 46.1 Å². The van der Waals surface area contributed by atoms with Gasteiger partial charge in [-0.1, -0.05) is 42.5 Å². The van der Waals surface area contributed by atoms with E-state index in [1.165, 1.54) is 0 Å². The molecule has 0 saturated heterocycles. The van der Waals surface area contributed by atoms with Gasteiger partial charge in [0, 0.05) is 53.2 Å². The van der Waals surface area contributed by atoms with Gasteiger partial charge in [0.1, 0.15) is 29.0 Å². The largest absolute Gasteiger partial charge is 0.466 e. The normalized spacial score (nSPS) is 11.6. The van der Waals surface area contributed by atoms with E-state index >= 15 is 0 Å². The average molecular weight is 611 g/mol. The number of ether oxygens (including phenoxy) is 1. The highest BCUT2D eigenvalue weighted by Crippen LogP contribution is 2.28. The van der Waals surface area contributed by atoms with Crippen LogP contribution in [-0.2, 0) is 20.7 Å². The van der Waals surface area contributed by atoms with Gasteiger partial charge in [0.25, 0.3) is 0 Å². The number of furan rings is 1. The summed E-state index contributed by atoms with van der Waals surface area (Å²) in [7, 11) is 0. The molecule has 0 aliphatic rings. The van der Waals surface area contributed by atoms with Crippen molar-refractivity contribution in [2.24, 2.45) is 0 Å². The molecule has 9 heteroatoms. The van der Waals surface area contributed by atoms with Crippen molar-refractivity contribution >= 4 is 40.0 Å². The predicted octanol–water partition coefficient (Wildman–Crippen LogP) is 7.96. The number of carbonyl (C=O) groups excluding carboxylic acids is 3. The molecule has 0 bridgehead atoms. The first-order chi connectivity index (χ1) is 21.8. The van der Waals surface area contributed by atoms with Crippen molar-refractivity contribution < 1.29 is 32.3 Å². The molecule has 45 heavy (non-hydrogen) atoms. The van der Waals surface area contributed by atoms with Gasteiger partial charge >= 0.3 is 5.97 Å². The van der Waals surface area contributed by atoms with Crippen molar-refractivity contribution in [3.63, 3.8) is 0 Å². The molecule has 0 spiro atoms. The van der Waals surface area contributed by atoms with Gasteiger partial charge < -0.3 is 19.8 Å². The molecule has 4 aromatic carbocycles. The lowest BCUT2D eigenvalue weighted by atomic mass is 10.0. The highest BCUT2D eigenvalue weighted by atomic mass is 19.1. The lowest BCUT2D eigenvalue weighted by Gasteiger charge is -2.20. The number of nitrogens with one attached hydrogen (secondary N) is 2. The van der Waals surface area contributed by atoms with Gasteiger partial charge in [0.05, 0.1) is 6.61 Å². The fraction of sp³-hybridized carbons (Fsp3) is 0.194. The summed E-state index contributed by atoms with van der Waals surface area (Å²) in [5.41, 5.74) is 3.54. The molecule has 2 N–H and O–H groups in total. The van der Waals surface area contributed by atoms with E-state index < -0.39 is 23.6 Å². The molecule has 1 heterocycles. The zero-order valence-corrected chi connectivity index (χ0v) is 24.6. The molecular weight excluding hydrogens is 578 g/mol. The van der Waals surface area contributed by atoms with Crippen LogP contribution in [0.15, 0.2) is 101 Å². The summed E-state index contributed by atoms with van der Waals surface area (Å²) in [5, 5.41) is 6.78. The Morgan fingerprint density at radius 1 is 0.822 bits per heavy atom. The quantitative estimate of drug-likeness (QED) is 0.104. The minimum atomic E-state index is -0.834. The third-order valence-corrected chi connectivity index (χ3v) is 7.19. The fourth-order valence-corrected chi connectivity index (χ4v) is 4.95. The van der Waals surface area contributed by atoms with E-state index in [2.05, 4.69) is 10.6 Å². The third-order valence-electron chi connectivity index (χ3n) is 7.19. The van der Waals surface area contributed by atoms with Crippen molar-refractivity contribution in [1.82, 2.24) is 0 Å². The van der Waals surface area contributed by atoms with Crippen LogP contribution < -0.4 is 10.6 Å². The summed E-state index contributed by atoms with van der Waals surface area (Å²) in [6, 6.07) is 26.0. The Labute approximate surface area is 259 Å². The first-order valence-corrected chi connectivity index (χ1v) is 14.7. The number of para-hydroxylation sites is 1. The number of ketones is 1. The summed E-state index contributed by atoms with van der Waals surface area (Å²) in [6.45, 7) is 2.03. The molecule has 0 saturated carbocycles. The number of hydrogen-bond donors (Lipinski definition) is 2. The molecule has 1 aromatic heterocycles. The Bertz CT molecular complexity index is 1750. The van der Waals surface area contributed by atoms with E-state index in [4.69, 9.17) is 9.15 Å². The van der Waals surface area contributed by atoms with Crippen molar-refractivity contribution in [3.8, 4) is 11.3 Å². The van der Waals surface area contributed by atoms with E-state index in [1.807, 2.05) is 54.6 Å². The van der Waals surface area contributed by atoms with Gasteiger partial charge in [-0.05, 0) is 67.4 Å². The van der Waals surface area contributed by atoms with Crippen LogP contribution in [0.4, 0.5) is 20.2 Å². The highest BCUT2D eigenvalue weighted by Gasteiger charge is 2.21. The van der Waals surface area contributed by atoms with Gasteiger partial charge in [-0.2, -0.15) is 0 Å². The zero-order valence-electron chi connectivity index (χ0n) is 24.6. The molecule has 0 unspecified atom stereocenters. The molecule has 0 aliphatic carbocycles. The SMILES string of the molecule is CCOC(=O)CCCC(=O)c1ccc(N[C@H](Cc2ccc(-c3cc4ccccc4o3)cc2)C(=O)Nc2cc(F)cc(F)c2)cc1. The molecule has 5 rings (SSSR count). The van der Waals surface area contributed by atoms with Crippen LogP contribution in [0.3, 0.4) is 0 Å². The number of amides is 1. The summed E-state index contributed by atoms with van der Waals surface area (Å²) in [5.74, 6) is -1.84. The number of fused-ring (bicyclic) bond motifs is 1. The Hall–Kier alpha value is -5.31.